The van der Waals surface area contributed by atoms with Crippen LogP contribution in [0.15, 0.2) is 26.3 Å². The maximum absolute atomic E-state index is 13.7. The van der Waals surface area contributed by atoms with Gasteiger partial charge in [0.1, 0.15) is 16.0 Å². The van der Waals surface area contributed by atoms with Crippen molar-refractivity contribution in [2.75, 3.05) is 0 Å². The summed E-state index contributed by atoms with van der Waals surface area (Å²) in [5.74, 6) is -0.818. The third kappa shape index (κ3) is 3.05. The zero-order valence-electron chi connectivity index (χ0n) is 8.84. The van der Waals surface area contributed by atoms with Crippen molar-refractivity contribution < 1.29 is 8.78 Å². The summed E-state index contributed by atoms with van der Waals surface area (Å²) in [7, 11) is 0. The van der Waals surface area contributed by atoms with Crippen LogP contribution in [0.4, 0.5) is 8.78 Å². The SMILES string of the molecule is Cc1csc(SCc2c(F)ccc(Br)c2F)n1. The lowest BCUT2D eigenvalue weighted by atomic mass is 10.2. The number of thioether (sulfide) groups is 1. The molecule has 1 aromatic carbocycles. The molecule has 0 aliphatic heterocycles. The van der Waals surface area contributed by atoms with E-state index in [2.05, 4.69) is 20.9 Å². The van der Waals surface area contributed by atoms with Gasteiger partial charge in [0.25, 0.3) is 0 Å². The largest absolute Gasteiger partial charge is 0.235 e. The zero-order chi connectivity index (χ0) is 12.4. The number of hydrogen-bond donors (Lipinski definition) is 0. The van der Waals surface area contributed by atoms with Crippen LogP contribution in [0.3, 0.4) is 0 Å². The molecule has 0 fully saturated rings. The fourth-order valence-corrected chi connectivity index (χ4v) is 3.46. The number of benzene rings is 1. The summed E-state index contributed by atoms with van der Waals surface area (Å²) < 4.78 is 28.2. The molecule has 17 heavy (non-hydrogen) atoms. The smallest absolute Gasteiger partial charge is 0.150 e. The van der Waals surface area contributed by atoms with Crippen molar-refractivity contribution in [3.8, 4) is 0 Å². The van der Waals surface area contributed by atoms with Crippen LogP contribution in [0.1, 0.15) is 11.3 Å². The topological polar surface area (TPSA) is 12.9 Å². The predicted octanol–water partition coefficient (Wildman–Crippen LogP) is 4.78. The molecule has 2 aromatic rings. The molecular formula is C11H8BrF2NS2. The van der Waals surface area contributed by atoms with Gasteiger partial charge >= 0.3 is 0 Å². The Morgan fingerprint density at radius 2 is 2.18 bits per heavy atom. The number of nitrogens with zero attached hydrogens (tertiary/aromatic N) is 1. The fourth-order valence-electron chi connectivity index (χ4n) is 1.23. The Kier molecular flexibility index (Phi) is 4.17. The molecule has 0 aliphatic carbocycles. The van der Waals surface area contributed by atoms with E-state index in [-0.39, 0.29) is 15.8 Å². The summed E-state index contributed by atoms with van der Waals surface area (Å²) in [6.45, 7) is 1.89. The Balaban J connectivity index is 2.16. The Morgan fingerprint density at radius 1 is 1.41 bits per heavy atom. The summed E-state index contributed by atoms with van der Waals surface area (Å²) in [5, 5.41) is 1.91. The zero-order valence-corrected chi connectivity index (χ0v) is 12.1. The first-order valence-corrected chi connectivity index (χ1v) is 7.41. The highest BCUT2D eigenvalue weighted by molar-refractivity contribution is 9.10. The molecule has 0 spiro atoms. The van der Waals surface area contributed by atoms with Gasteiger partial charge in [-0.15, -0.1) is 11.3 Å². The maximum Gasteiger partial charge on any atom is 0.150 e. The van der Waals surface area contributed by atoms with Crippen LogP contribution in [-0.4, -0.2) is 4.98 Å². The Labute approximate surface area is 114 Å². The Bertz CT molecular complexity index is 542. The molecule has 0 aliphatic rings. The van der Waals surface area contributed by atoms with Gasteiger partial charge in [-0.3, -0.25) is 0 Å². The summed E-state index contributed by atoms with van der Waals surface area (Å²) in [4.78, 5) is 4.23. The lowest BCUT2D eigenvalue weighted by Crippen LogP contribution is -1.94. The molecule has 0 N–H and O–H groups in total. The van der Waals surface area contributed by atoms with Gasteiger partial charge in [-0.25, -0.2) is 13.8 Å². The Hall–Kier alpha value is -0.460. The first kappa shape index (κ1) is 13.0. The lowest BCUT2D eigenvalue weighted by Gasteiger charge is -2.04. The standard InChI is InChI=1S/C11H8BrF2NS2/c1-6-4-16-11(15-6)17-5-7-9(13)3-2-8(12)10(7)14/h2-4H,5H2,1H3. The van der Waals surface area contributed by atoms with Gasteiger partial charge in [-0.2, -0.15) is 0 Å². The van der Waals surface area contributed by atoms with Crippen LogP contribution < -0.4 is 0 Å². The highest BCUT2D eigenvalue weighted by Crippen LogP contribution is 2.30. The minimum Gasteiger partial charge on any atom is -0.235 e. The van der Waals surface area contributed by atoms with Crippen molar-refractivity contribution in [3.63, 3.8) is 0 Å². The summed E-state index contributed by atoms with van der Waals surface area (Å²) in [6, 6.07) is 2.63. The van der Waals surface area contributed by atoms with E-state index in [1.54, 1.807) is 0 Å². The Morgan fingerprint density at radius 3 is 2.82 bits per heavy atom. The number of aromatic nitrogens is 1. The van der Waals surface area contributed by atoms with Crippen LogP contribution in [0.5, 0.6) is 0 Å². The molecule has 0 unspecified atom stereocenters. The lowest BCUT2D eigenvalue weighted by molar-refractivity contribution is 0.562. The molecule has 0 saturated heterocycles. The van der Waals surface area contributed by atoms with E-state index in [0.29, 0.717) is 0 Å². The highest BCUT2D eigenvalue weighted by Gasteiger charge is 2.13. The summed E-state index contributed by atoms with van der Waals surface area (Å²) >= 11 is 5.86. The van der Waals surface area contributed by atoms with Crippen molar-refractivity contribution in [2.45, 2.75) is 17.0 Å². The molecule has 6 heteroatoms. The predicted molar refractivity (Wildman–Crippen MR) is 70.5 cm³/mol. The molecule has 2 rings (SSSR count). The second-order valence-corrected chi connectivity index (χ2v) is 6.30. The van der Waals surface area contributed by atoms with E-state index >= 15 is 0 Å². The molecule has 0 amide bonds. The number of aryl methyl sites for hydroxylation is 1. The monoisotopic (exact) mass is 335 g/mol. The molecular weight excluding hydrogens is 328 g/mol. The van der Waals surface area contributed by atoms with Crippen LogP contribution in [0.2, 0.25) is 0 Å². The maximum atomic E-state index is 13.7. The number of halogens is 3. The van der Waals surface area contributed by atoms with Crippen molar-refractivity contribution >= 4 is 39.0 Å². The summed E-state index contributed by atoms with van der Waals surface area (Å²) in [6.07, 6.45) is 0. The second kappa shape index (κ2) is 5.46. The van der Waals surface area contributed by atoms with Gasteiger partial charge in [0.05, 0.1) is 4.47 Å². The van der Waals surface area contributed by atoms with Gasteiger partial charge < -0.3 is 0 Å². The molecule has 0 saturated carbocycles. The van der Waals surface area contributed by atoms with Crippen LogP contribution in [0.25, 0.3) is 0 Å². The first-order chi connectivity index (χ1) is 8.08. The number of thiazole rings is 1. The average Bonchev–Trinajstić information content (AvgIpc) is 2.70. The average molecular weight is 336 g/mol. The molecule has 0 atom stereocenters. The van der Waals surface area contributed by atoms with Gasteiger partial charge in [-0.1, -0.05) is 11.8 Å². The minimum atomic E-state index is -0.536. The van der Waals surface area contributed by atoms with Crippen LogP contribution in [0, 0.1) is 18.6 Å². The summed E-state index contributed by atoms with van der Waals surface area (Å²) in [5.41, 5.74) is 1.00. The van der Waals surface area contributed by atoms with E-state index in [9.17, 15) is 8.78 Å². The molecule has 0 radical (unpaired) electrons. The molecule has 90 valence electrons. The van der Waals surface area contributed by atoms with E-state index in [4.69, 9.17) is 0 Å². The van der Waals surface area contributed by atoms with E-state index in [1.165, 1.54) is 35.2 Å². The molecule has 1 heterocycles. The van der Waals surface area contributed by atoms with E-state index in [0.717, 1.165) is 10.0 Å². The molecule has 1 nitrogen and oxygen atoms in total. The second-order valence-electron chi connectivity index (χ2n) is 3.37. The fraction of sp³-hybridized carbons (Fsp3) is 0.182. The van der Waals surface area contributed by atoms with Gasteiger partial charge in [0.15, 0.2) is 0 Å². The number of rotatable bonds is 3. The highest BCUT2D eigenvalue weighted by atomic mass is 79.9. The first-order valence-electron chi connectivity index (χ1n) is 4.75. The normalized spacial score (nSPS) is 10.8. The quantitative estimate of drug-likeness (QED) is 0.591. The molecule has 0 bridgehead atoms. The van der Waals surface area contributed by atoms with E-state index in [1.807, 2.05) is 12.3 Å². The third-order valence-electron chi connectivity index (χ3n) is 2.08. The van der Waals surface area contributed by atoms with E-state index < -0.39 is 11.6 Å². The molecule has 1 aromatic heterocycles. The van der Waals surface area contributed by atoms with Crippen LogP contribution >= 0.6 is 39.0 Å². The van der Waals surface area contributed by atoms with Gasteiger partial charge in [-0.05, 0) is 35.0 Å². The number of hydrogen-bond acceptors (Lipinski definition) is 3. The van der Waals surface area contributed by atoms with Crippen molar-refractivity contribution in [1.29, 1.82) is 0 Å². The van der Waals surface area contributed by atoms with Gasteiger partial charge in [0, 0.05) is 22.4 Å². The van der Waals surface area contributed by atoms with Crippen molar-refractivity contribution in [3.05, 3.63) is 44.9 Å². The third-order valence-corrected chi connectivity index (χ3v) is 4.85. The van der Waals surface area contributed by atoms with Crippen LogP contribution in [-0.2, 0) is 5.75 Å². The van der Waals surface area contributed by atoms with Crippen molar-refractivity contribution in [1.82, 2.24) is 4.98 Å². The minimum absolute atomic E-state index is 0.0808. The van der Waals surface area contributed by atoms with Crippen molar-refractivity contribution in [2.24, 2.45) is 0 Å². The van der Waals surface area contributed by atoms with Gasteiger partial charge in [0.2, 0.25) is 0 Å².